The number of nitrogens with one attached hydrogen (secondary N) is 2. The molecule has 1 aliphatic rings. The van der Waals surface area contributed by atoms with Gasteiger partial charge in [-0.15, -0.1) is 11.3 Å². The Morgan fingerprint density at radius 1 is 1.30 bits per heavy atom. The first-order valence-corrected chi connectivity index (χ1v) is 9.60. The Bertz CT molecular complexity index is 773. The molecule has 0 saturated carbocycles. The Kier molecular flexibility index (Phi) is 6.48. The number of hydrogen-bond acceptors (Lipinski definition) is 10. The second-order valence-corrected chi connectivity index (χ2v) is 7.40. The van der Waals surface area contributed by atoms with Crippen LogP contribution >= 0.6 is 11.3 Å². The molecule has 2 N–H and O–H groups in total. The van der Waals surface area contributed by atoms with E-state index in [-0.39, 0.29) is 17.3 Å². The summed E-state index contributed by atoms with van der Waals surface area (Å²) < 4.78 is 5.33. The van der Waals surface area contributed by atoms with Gasteiger partial charge in [-0.25, -0.2) is 15.0 Å². The lowest BCUT2D eigenvalue weighted by atomic mass is 10.3. The van der Waals surface area contributed by atoms with E-state index in [2.05, 4.69) is 30.5 Å². The van der Waals surface area contributed by atoms with Crippen molar-refractivity contribution in [2.24, 2.45) is 0 Å². The molecule has 11 heteroatoms. The number of ether oxygens (including phenoxy) is 1. The Balaban J connectivity index is 1.64. The normalized spacial score (nSPS) is 14.9. The Morgan fingerprint density at radius 2 is 2.04 bits per heavy atom. The average Bonchev–Trinajstić information content (AvgIpc) is 2.96. The Labute approximate surface area is 161 Å². The minimum atomic E-state index is -0.472. The van der Waals surface area contributed by atoms with Crippen molar-refractivity contribution in [3.05, 3.63) is 27.0 Å². The fraction of sp³-hybridized carbons (Fsp3) is 0.562. The van der Waals surface area contributed by atoms with Crippen LogP contribution in [0.2, 0.25) is 0 Å². The molecule has 3 rings (SSSR count). The first-order chi connectivity index (χ1) is 13.0. The molecule has 1 aliphatic heterocycles. The van der Waals surface area contributed by atoms with Crippen molar-refractivity contribution in [2.45, 2.75) is 20.3 Å². The molecule has 0 radical (unpaired) electrons. The number of anilines is 3. The molecule has 27 heavy (non-hydrogen) atoms. The maximum Gasteiger partial charge on any atom is 0.353 e. The van der Waals surface area contributed by atoms with Crippen molar-refractivity contribution >= 4 is 33.8 Å². The van der Waals surface area contributed by atoms with Crippen LogP contribution in [0.5, 0.6) is 0 Å². The van der Waals surface area contributed by atoms with Crippen molar-refractivity contribution in [1.29, 1.82) is 0 Å². The van der Waals surface area contributed by atoms with Crippen LogP contribution in [0, 0.1) is 24.0 Å². The molecule has 1 fully saturated rings. The molecule has 10 nitrogen and oxygen atoms in total. The van der Waals surface area contributed by atoms with Crippen LogP contribution in [0.1, 0.15) is 17.0 Å². The molecule has 0 amide bonds. The number of nitro groups is 1. The highest BCUT2D eigenvalue weighted by atomic mass is 32.1. The SMILES string of the molecule is Cc1nc(Nc2ncnc(NCCCN3CCOCC3)c2[N+](=O)[O-])sc1C. The Morgan fingerprint density at radius 3 is 2.70 bits per heavy atom. The molecule has 0 unspecified atom stereocenters. The molecule has 0 aromatic carbocycles. The van der Waals surface area contributed by atoms with Crippen LogP contribution in [-0.4, -0.2) is 64.2 Å². The van der Waals surface area contributed by atoms with E-state index in [0.29, 0.717) is 11.7 Å². The van der Waals surface area contributed by atoms with Crippen LogP contribution in [0.3, 0.4) is 0 Å². The van der Waals surface area contributed by atoms with Crippen molar-refractivity contribution in [3.8, 4) is 0 Å². The summed E-state index contributed by atoms with van der Waals surface area (Å²) in [6, 6.07) is 0. The minimum absolute atomic E-state index is 0.138. The molecular formula is C16H23N7O3S. The van der Waals surface area contributed by atoms with E-state index < -0.39 is 4.92 Å². The van der Waals surface area contributed by atoms with Gasteiger partial charge in [0, 0.05) is 24.5 Å². The van der Waals surface area contributed by atoms with Gasteiger partial charge in [-0.2, -0.15) is 0 Å². The molecule has 1 saturated heterocycles. The minimum Gasteiger partial charge on any atom is -0.379 e. The summed E-state index contributed by atoms with van der Waals surface area (Å²) in [6.07, 6.45) is 2.17. The first-order valence-electron chi connectivity index (χ1n) is 8.79. The fourth-order valence-corrected chi connectivity index (χ4v) is 3.55. The second-order valence-electron chi connectivity index (χ2n) is 6.20. The van der Waals surface area contributed by atoms with E-state index in [1.54, 1.807) is 0 Å². The van der Waals surface area contributed by atoms with E-state index in [1.807, 2.05) is 13.8 Å². The second kappa shape index (κ2) is 9.02. The molecule has 146 valence electrons. The predicted octanol–water partition coefficient (Wildman–Crippen LogP) is 2.34. The van der Waals surface area contributed by atoms with Crippen LogP contribution < -0.4 is 10.6 Å². The molecule has 3 heterocycles. The van der Waals surface area contributed by atoms with Gasteiger partial charge in [-0.3, -0.25) is 15.0 Å². The maximum absolute atomic E-state index is 11.6. The zero-order chi connectivity index (χ0) is 19.2. The summed E-state index contributed by atoms with van der Waals surface area (Å²) in [5, 5.41) is 18.2. The van der Waals surface area contributed by atoms with Crippen molar-refractivity contribution in [2.75, 3.05) is 50.0 Å². The van der Waals surface area contributed by atoms with Crippen molar-refractivity contribution in [3.63, 3.8) is 0 Å². The van der Waals surface area contributed by atoms with Gasteiger partial charge < -0.3 is 15.4 Å². The number of nitrogens with zero attached hydrogens (tertiary/aromatic N) is 5. The van der Waals surface area contributed by atoms with Gasteiger partial charge >= 0.3 is 5.69 Å². The highest BCUT2D eigenvalue weighted by molar-refractivity contribution is 7.15. The molecule has 0 aliphatic carbocycles. The standard InChI is InChI=1S/C16H23N7O3S/c1-11-12(2)27-16(20-11)21-15-13(23(24)25)14(18-10-19-15)17-4-3-5-22-6-8-26-9-7-22/h10H,3-9H2,1-2H3,(H2,17,18,19,20,21). The zero-order valence-corrected chi connectivity index (χ0v) is 16.2. The smallest absolute Gasteiger partial charge is 0.353 e. The Hall–Kier alpha value is -2.37. The predicted molar refractivity (Wildman–Crippen MR) is 104 cm³/mol. The highest BCUT2D eigenvalue weighted by Crippen LogP contribution is 2.32. The summed E-state index contributed by atoms with van der Waals surface area (Å²) >= 11 is 1.43. The van der Waals surface area contributed by atoms with E-state index >= 15 is 0 Å². The van der Waals surface area contributed by atoms with Crippen molar-refractivity contribution in [1.82, 2.24) is 19.9 Å². The molecule has 0 atom stereocenters. The number of morpholine rings is 1. The van der Waals surface area contributed by atoms with Crippen LogP contribution in [0.15, 0.2) is 6.33 Å². The highest BCUT2D eigenvalue weighted by Gasteiger charge is 2.24. The lowest BCUT2D eigenvalue weighted by Crippen LogP contribution is -2.37. The third kappa shape index (κ3) is 5.08. The molecule has 2 aromatic rings. The quantitative estimate of drug-likeness (QED) is 0.396. The molecule has 0 bridgehead atoms. The van der Waals surface area contributed by atoms with Crippen LogP contribution in [0.4, 0.5) is 22.5 Å². The largest absolute Gasteiger partial charge is 0.379 e. The summed E-state index contributed by atoms with van der Waals surface area (Å²) in [4.78, 5) is 26.9. The van der Waals surface area contributed by atoms with Gasteiger partial charge in [0.25, 0.3) is 0 Å². The van der Waals surface area contributed by atoms with Gasteiger partial charge in [-0.05, 0) is 26.8 Å². The molecule has 0 spiro atoms. The van der Waals surface area contributed by atoms with E-state index in [4.69, 9.17) is 4.74 Å². The van der Waals surface area contributed by atoms with Gasteiger partial charge in [0.15, 0.2) is 5.13 Å². The third-order valence-electron chi connectivity index (χ3n) is 4.31. The first kappa shape index (κ1) is 19.4. The number of aryl methyl sites for hydroxylation is 2. The third-order valence-corrected chi connectivity index (χ3v) is 5.29. The zero-order valence-electron chi connectivity index (χ0n) is 15.4. The lowest BCUT2D eigenvalue weighted by Gasteiger charge is -2.26. The topological polar surface area (TPSA) is 118 Å². The summed E-state index contributed by atoms with van der Waals surface area (Å²) in [5.41, 5.74) is 0.718. The number of thiazole rings is 1. The van der Waals surface area contributed by atoms with Gasteiger partial charge in [0.05, 0.1) is 23.8 Å². The maximum atomic E-state index is 11.6. The number of hydrogen-bond donors (Lipinski definition) is 2. The molecule has 2 aromatic heterocycles. The van der Waals surface area contributed by atoms with E-state index in [9.17, 15) is 10.1 Å². The van der Waals surface area contributed by atoms with Crippen LogP contribution in [-0.2, 0) is 4.74 Å². The molecular weight excluding hydrogens is 370 g/mol. The number of rotatable bonds is 8. The van der Waals surface area contributed by atoms with E-state index in [0.717, 1.165) is 49.8 Å². The van der Waals surface area contributed by atoms with Gasteiger partial charge in [0.2, 0.25) is 11.6 Å². The lowest BCUT2D eigenvalue weighted by molar-refractivity contribution is -0.383. The van der Waals surface area contributed by atoms with Gasteiger partial charge in [0.1, 0.15) is 6.33 Å². The summed E-state index contributed by atoms with van der Waals surface area (Å²) in [7, 11) is 0. The fourth-order valence-electron chi connectivity index (χ4n) is 2.73. The van der Waals surface area contributed by atoms with Gasteiger partial charge in [-0.1, -0.05) is 0 Å². The monoisotopic (exact) mass is 393 g/mol. The van der Waals surface area contributed by atoms with Crippen LogP contribution in [0.25, 0.3) is 0 Å². The summed E-state index contributed by atoms with van der Waals surface area (Å²) in [5.74, 6) is 0.351. The summed E-state index contributed by atoms with van der Waals surface area (Å²) in [6.45, 7) is 8.72. The number of aromatic nitrogens is 3. The average molecular weight is 393 g/mol. The van der Waals surface area contributed by atoms with Crippen molar-refractivity contribution < 1.29 is 9.66 Å². The van der Waals surface area contributed by atoms with E-state index in [1.165, 1.54) is 17.7 Å².